The molecule has 0 aromatic rings. The first-order valence-electron chi connectivity index (χ1n) is 14.7. The van der Waals surface area contributed by atoms with Gasteiger partial charge in [-0.2, -0.15) is 0 Å². The maximum Gasteiger partial charge on any atom is 0.329 e. The van der Waals surface area contributed by atoms with Crippen molar-refractivity contribution < 1.29 is 23.9 Å². The number of esters is 1. The number of carbonyl (C=O) groups excluding carboxylic acids is 4. The summed E-state index contributed by atoms with van der Waals surface area (Å²) in [5, 5.41) is 5.52. The molecule has 4 aliphatic carbocycles. The molecule has 0 aromatic heterocycles. The van der Waals surface area contributed by atoms with Gasteiger partial charge >= 0.3 is 5.97 Å². The van der Waals surface area contributed by atoms with Crippen molar-refractivity contribution in [1.29, 1.82) is 0 Å². The molecule has 0 bridgehead atoms. The van der Waals surface area contributed by atoms with E-state index in [1.165, 1.54) is 32.1 Å². The Labute approximate surface area is 223 Å². The van der Waals surface area contributed by atoms with Crippen LogP contribution in [0.4, 0.5) is 0 Å². The summed E-state index contributed by atoms with van der Waals surface area (Å²) in [5.41, 5.74) is 0.458. The zero-order chi connectivity index (χ0) is 27.0. The predicted octanol–water partition coefficient (Wildman–Crippen LogP) is 3.42. The van der Waals surface area contributed by atoms with Crippen molar-refractivity contribution in [3.05, 3.63) is 0 Å². The largest absolute Gasteiger partial charge is 0.461 e. The number of ketones is 1. The highest BCUT2D eigenvalue weighted by Crippen LogP contribution is 2.67. The van der Waals surface area contributed by atoms with Crippen LogP contribution in [-0.4, -0.2) is 50.0 Å². The van der Waals surface area contributed by atoms with Crippen molar-refractivity contribution in [2.24, 2.45) is 46.3 Å². The predicted molar refractivity (Wildman–Crippen MR) is 144 cm³/mol. The van der Waals surface area contributed by atoms with Crippen LogP contribution in [0.25, 0.3) is 0 Å². The third-order valence-corrected chi connectivity index (χ3v) is 11.1. The van der Waals surface area contributed by atoms with E-state index in [-0.39, 0.29) is 54.6 Å². The normalized spacial score (nSPS) is 39.5. The summed E-state index contributed by atoms with van der Waals surface area (Å²) in [6, 6.07) is -0.692. The zero-order valence-electron chi connectivity index (χ0n) is 23.5. The standard InChI is InChI=1S/C29H47BN2O5/c1-17(2)26(32-25(35)15-31-30-16-33)27(36)37-20-10-12-28(4)19(14-20)6-7-21-23-9-8-22(18(3)34)29(23,5)13-11-24(21)28/h16-17,19-24,26,30-31H,6-15H2,1-5H3,(H,32,35)/t19-,20+,21?,22+,23?,24?,26-,28-,29+/m0/s1. The van der Waals surface area contributed by atoms with E-state index in [0.717, 1.165) is 31.6 Å². The monoisotopic (exact) mass is 514 g/mol. The first-order valence-corrected chi connectivity index (χ1v) is 14.7. The van der Waals surface area contributed by atoms with Crippen LogP contribution in [0, 0.1) is 46.3 Å². The van der Waals surface area contributed by atoms with E-state index in [1.54, 1.807) is 6.92 Å². The number of Topliss-reactive ketones (excluding diaryl/α,β-unsaturated/α-hetero) is 1. The molecule has 0 aromatic carbocycles. The summed E-state index contributed by atoms with van der Waals surface area (Å²) >= 11 is 0. The van der Waals surface area contributed by atoms with Gasteiger partial charge in [-0.1, -0.05) is 27.7 Å². The quantitative estimate of drug-likeness (QED) is 0.212. The minimum Gasteiger partial charge on any atom is -0.461 e. The van der Waals surface area contributed by atoms with Crippen LogP contribution in [0.15, 0.2) is 0 Å². The smallest absolute Gasteiger partial charge is 0.329 e. The van der Waals surface area contributed by atoms with Crippen molar-refractivity contribution in [2.75, 3.05) is 6.54 Å². The van der Waals surface area contributed by atoms with Crippen LogP contribution in [0.1, 0.15) is 92.4 Å². The van der Waals surface area contributed by atoms with E-state index < -0.39 is 6.04 Å². The Kier molecular flexibility index (Phi) is 8.57. The molecule has 3 unspecified atom stereocenters. The summed E-state index contributed by atoms with van der Waals surface area (Å²) in [4.78, 5) is 48.2. The second kappa shape index (κ2) is 11.2. The van der Waals surface area contributed by atoms with E-state index >= 15 is 0 Å². The van der Waals surface area contributed by atoms with Crippen molar-refractivity contribution >= 4 is 31.3 Å². The maximum absolute atomic E-state index is 13.1. The second-order valence-corrected chi connectivity index (χ2v) is 13.4. The van der Waals surface area contributed by atoms with Gasteiger partial charge in [0.2, 0.25) is 5.91 Å². The average molecular weight is 515 g/mol. The van der Waals surface area contributed by atoms with E-state index in [1.807, 2.05) is 13.8 Å². The van der Waals surface area contributed by atoms with E-state index in [9.17, 15) is 19.2 Å². The number of hydrogen-bond acceptors (Lipinski definition) is 6. The van der Waals surface area contributed by atoms with E-state index in [2.05, 4.69) is 24.4 Å². The third-order valence-electron chi connectivity index (χ3n) is 11.1. The van der Waals surface area contributed by atoms with Crippen molar-refractivity contribution in [3.8, 4) is 0 Å². The molecule has 0 heterocycles. The summed E-state index contributed by atoms with van der Waals surface area (Å²) in [6.45, 7) is 10.5. The molecule has 206 valence electrons. The molecule has 4 rings (SSSR count). The van der Waals surface area contributed by atoms with E-state index in [0.29, 0.717) is 29.7 Å². The Hall–Kier alpha value is -1.70. The lowest BCUT2D eigenvalue weighted by Gasteiger charge is -2.61. The van der Waals surface area contributed by atoms with Crippen LogP contribution in [-0.2, 0) is 23.9 Å². The van der Waals surface area contributed by atoms with Gasteiger partial charge in [-0.25, -0.2) is 4.79 Å². The minimum absolute atomic E-state index is 0.00510. The first-order chi connectivity index (χ1) is 17.5. The molecule has 37 heavy (non-hydrogen) atoms. The van der Waals surface area contributed by atoms with Gasteiger partial charge in [0.15, 0.2) is 0 Å². The lowest BCUT2D eigenvalue weighted by Crippen LogP contribution is -2.55. The molecule has 2 N–H and O–H groups in total. The lowest BCUT2D eigenvalue weighted by atomic mass is 9.44. The van der Waals surface area contributed by atoms with Crippen molar-refractivity contribution in [1.82, 2.24) is 10.5 Å². The second-order valence-electron chi connectivity index (χ2n) is 13.4. The summed E-state index contributed by atoms with van der Waals surface area (Å²) in [6.07, 6.45) is 10.5. The number of hydrogen-bond donors (Lipinski definition) is 2. The van der Waals surface area contributed by atoms with Crippen LogP contribution in [0.5, 0.6) is 0 Å². The molecule has 4 aliphatic rings. The van der Waals surface area contributed by atoms with Gasteiger partial charge in [0.25, 0.3) is 7.41 Å². The zero-order valence-corrected chi connectivity index (χ0v) is 23.5. The molecular formula is C29H47BN2O5. The minimum atomic E-state index is -0.692. The Bertz CT molecular complexity index is 896. The van der Waals surface area contributed by atoms with Gasteiger partial charge < -0.3 is 20.1 Å². The van der Waals surface area contributed by atoms with Gasteiger partial charge in [0, 0.05) is 5.92 Å². The van der Waals surface area contributed by atoms with Crippen molar-refractivity contribution in [3.63, 3.8) is 0 Å². The maximum atomic E-state index is 13.1. The fourth-order valence-corrected chi connectivity index (χ4v) is 9.20. The molecule has 9 atom stereocenters. The topological polar surface area (TPSA) is 102 Å². The molecule has 0 aliphatic heterocycles. The summed E-state index contributed by atoms with van der Waals surface area (Å²) in [7, 11) is 0.103. The molecule has 0 spiro atoms. The van der Waals surface area contributed by atoms with Gasteiger partial charge in [0.05, 0.1) is 12.7 Å². The number of carbonyl (C=O) groups is 4. The number of ether oxygens (including phenoxy) is 1. The molecule has 0 saturated heterocycles. The summed E-state index contributed by atoms with van der Waals surface area (Å²) < 4.78 is 6.03. The van der Waals surface area contributed by atoms with Gasteiger partial charge in [0.1, 0.15) is 17.9 Å². The molecule has 1 amide bonds. The van der Waals surface area contributed by atoms with Gasteiger partial charge in [-0.15, -0.1) is 0 Å². The van der Waals surface area contributed by atoms with Gasteiger partial charge in [-0.05, 0) is 105 Å². The molecule has 0 radical (unpaired) electrons. The highest BCUT2D eigenvalue weighted by atomic mass is 16.5. The van der Waals surface area contributed by atoms with Gasteiger partial charge in [-0.3, -0.25) is 9.59 Å². The SMILES string of the molecule is CC(=O)[C@H]1CCC2C3CC[C@H]4C[C@H](OC(=O)[C@@H](NC(=O)CNBC=O)C(C)C)CC[C@]4(C)C3CC[C@@]21C. The number of fused-ring (bicyclic) bond motifs is 5. The fraction of sp³-hybridized carbons (Fsp3) is 0.862. The Morgan fingerprint density at radius 2 is 1.70 bits per heavy atom. The fourth-order valence-electron chi connectivity index (χ4n) is 9.20. The summed E-state index contributed by atoms with van der Waals surface area (Å²) in [5.74, 6) is 2.52. The highest BCUT2D eigenvalue weighted by Gasteiger charge is 2.61. The van der Waals surface area contributed by atoms with Crippen LogP contribution in [0.3, 0.4) is 0 Å². The number of rotatable bonds is 9. The third kappa shape index (κ3) is 5.42. The Balaban J connectivity index is 1.37. The molecule has 4 saturated carbocycles. The Morgan fingerprint density at radius 3 is 2.38 bits per heavy atom. The molecule has 8 heteroatoms. The van der Waals surface area contributed by atoms with Crippen LogP contribution >= 0.6 is 0 Å². The first kappa shape index (κ1) is 28.3. The lowest BCUT2D eigenvalue weighted by molar-refractivity contribution is -0.166. The average Bonchev–Trinajstić information content (AvgIpc) is 3.20. The van der Waals surface area contributed by atoms with Crippen LogP contribution in [0.2, 0.25) is 0 Å². The number of amides is 1. The molecule has 7 nitrogen and oxygen atoms in total. The number of nitrogens with one attached hydrogen (secondary N) is 2. The molecule has 4 fully saturated rings. The molecular weight excluding hydrogens is 467 g/mol. The van der Waals surface area contributed by atoms with Crippen LogP contribution < -0.4 is 10.5 Å². The highest BCUT2D eigenvalue weighted by molar-refractivity contribution is 6.64. The van der Waals surface area contributed by atoms with Crippen molar-refractivity contribution in [2.45, 2.75) is 105 Å². The Morgan fingerprint density at radius 1 is 1.00 bits per heavy atom. The van der Waals surface area contributed by atoms with E-state index in [4.69, 9.17) is 4.74 Å².